The number of hydrogen-bond acceptors (Lipinski definition) is 4. The van der Waals surface area contributed by atoms with Gasteiger partial charge in [0.2, 0.25) is 11.8 Å². The van der Waals surface area contributed by atoms with Gasteiger partial charge in [0.1, 0.15) is 0 Å². The Labute approximate surface area is 194 Å². The van der Waals surface area contributed by atoms with Crippen molar-refractivity contribution in [3.05, 3.63) is 24.3 Å². The van der Waals surface area contributed by atoms with E-state index in [2.05, 4.69) is 36.1 Å². The monoisotopic (exact) mass is 445 g/mol. The van der Waals surface area contributed by atoms with E-state index >= 15 is 0 Å². The van der Waals surface area contributed by atoms with Gasteiger partial charge in [-0.3, -0.25) is 14.8 Å². The van der Waals surface area contributed by atoms with Crippen molar-refractivity contribution in [3.8, 4) is 0 Å². The lowest BCUT2D eigenvalue weighted by Gasteiger charge is -2.29. The number of rotatable bonds is 15. The van der Waals surface area contributed by atoms with Gasteiger partial charge in [0.25, 0.3) is 0 Å². The number of amides is 2. The molecule has 1 saturated heterocycles. The molecule has 1 heterocycles. The van der Waals surface area contributed by atoms with Crippen LogP contribution in [0.3, 0.4) is 0 Å². The van der Waals surface area contributed by atoms with Crippen molar-refractivity contribution in [2.75, 3.05) is 29.4 Å². The average molecular weight is 446 g/mol. The summed E-state index contributed by atoms with van der Waals surface area (Å²) in [4.78, 5) is 28.6. The summed E-state index contributed by atoms with van der Waals surface area (Å²) >= 11 is 0. The van der Waals surface area contributed by atoms with Gasteiger partial charge in [0.15, 0.2) is 0 Å². The quantitative estimate of drug-likeness (QED) is 0.202. The Hall–Kier alpha value is -2.08. The second-order valence-corrected chi connectivity index (χ2v) is 8.97. The summed E-state index contributed by atoms with van der Waals surface area (Å²) in [6.45, 7) is 5.15. The van der Waals surface area contributed by atoms with Gasteiger partial charge in [0.05, 0.1) is 0 Å². The maximum atomic E-state index is 13.0. The highest BCUT2D eigenvalue weighted by Gasteiger charge is 2.17. The van der Waals surface area contributed by atoms with Crippen LogP contribution < -0.4 is 15.3 Å². The van der Waals surface area contributed by atoms with Gasteiger partial charge in [0, 0.05) is 43.9 Å². The van der Waals surface area contributed by atoms with E-state index in [1.54, 1.807) is 5.48 Å². The second kappa shape index (κ2) is 15.7. The summed E-state index contributed by atoms with van der Waals surface area (Å²) in [5.41, 5.74) is 3.92. The highest BCUT2D eigenvalue weighted by Crippen LogP contribution is 2.25. The zero-order valence-corrected chi connectivity index (χ0v) is 20.0. The zero-order valence-electron chi connectivity index (χ0n) is 20.0. The lowest BCUT2D eigenvalue weighted by atomic mass is 10.1. The molecule has 32 heavy (non-hydrogen) atoms. The van der Waals surface area contributed by atoms with Crippen LogP contribution in [0.25, 0.3) is 0 Å². The third-order valence-corrected chi connectivity index (χ3v) is 6.34. The van der Waals surface area contributed by atoms with Crippen LogP contribution in [0.1, 0.15) is 96.8 Å². The fourth-order valence-corrected chi connectivity index (χ4v) is 4.37. The smallest absolute Gasteiger partial charge is 0.243 e. The van der Waals surface area contributed by atoms with E-state index in [9.17, 15) is 9.59 Å². The van der Waals surface area contributed by atoms with Crippen LogP contribution in [0.5, 0.6) is 0 Å². The summed E-state index contributed by atoms with van der Waals surface area (Å²) < 4.78 is 0. The Morgan fingerprint density at radius 2 is 1.50 bits per heavy atom. The topological polar surface area (TPSA) is 72.9 Å². The van der Waals surface area contributed by atoms with Crippen molar-refractivity contribution in [2.24, 2.45) is 0 Å². The number of hydrogen-bond donors (Lipinski definition) is 2. The molecule has 1 aliphatic heterocycles. The molecule has 0 aromatic heterocycles. The molecular formula is C26H43N3O3. The normalized spacial score (nSPS) is 13.8. The predicted molar refractivity (Wildman–Crippen MR) is 131 cm³/mol. The molecule has 0 radical (unpaired) electrons. The first kappa shape index (κ1) is 26.2. The largest absolute Gasteiger partial charge is 0.372 e. The van der Waals surface area contributed by atoms with Crippen LogP contribution in [0, 0.1) is 0 Å². The predicted octanol–water partition coefficient (Wildman–Crippen LogP) is 5.83. The van der Waals surface area contributed by atoms with Crippen LogP contribution in [-0.4, -0.2) is 36.7 Å². The minimum atomic E-state index is -0.335. The molecule has 0 bridgehead atoms. The van der Waals surface area contributed by atoms with E-state index < -0.39 is 0 Å². The molecule has 1 aromatic rings. The van der Waals surface area contributed by atoms with Crippen molar-refractivity contribution in [1.29, 1.82) is 0 Å². The average Bonchev–Trinajstić information content (AvgIpc) is 2.84. The number of piperidine rings is 1. The summed E-state index contributed by atoms with van der Waals surface area (Å²) in [5, 5.41) is 8.57. The standard InChI is InChI=1S/C26H43N3O3/c1-2-3-4-5-10-15-26(31)29(22-13-7-6-9-14-25(30)27-32)24-18-16-23(17-19-24)28-20-11-8-12-21-28/h16-19,32H,2-15,20-22H2,1H3,(H,27,30). The molecule has 0 unspecified atom stereocenters. The minimum Gasteiger partial charge on any atom is -0.372 e. The molecule has 0 aliphatic carbocycles. The van der Waals surface area contributed by atoms with Crippen LogP contribution in [-0.2, 0) is 9.59 Å². The number of nitrogens with zero attached hydrogens (tertiary/aromatic N) is 2. The summed E-state index contributed by atoms with van der Waals surface area (Å²) in [5.74, 6) is -0.120. The van der Waals surface area contributed by atoms with E-state index in [0.717, 1.165) is 57.3 Å². The number of anilines is 2. The molecule has 1 aliphatic rings. The number of nitrogens with one attached hydrogen (secondary N) is 1. The number of benzene rings is 1. The Morgan fingerprint density at radius 3 is 2.16 bits per heavy atom. The summed E-state index contributed by atoms with van der Waals surface area (Å²) in [7, 11) is 0. The van der Waals surface area contributed by atoms with E-state index in [-0.39, 0.29) is 11.8 Å². The van der Waals surface area contributed by atoms with Crippen LogP contribution in [0.15, 0.2) is 24.3 Å². The Bertz CT molecular complexity index is 657. The van der Waals surface area contributed by atoms with E-state index in [1.165, 1.54) is 44.2 Å². The number of unbranched alkanes of at least 4 members (excludes halogenated alkanes) is 7. The lowest BCUT2D eigenvalue weighted by Crippen LogP contribution is -2.32. The van der Waals surface area contributed by atoms with Crippen molar-refractivity contribution in [3.63, 3.8) is 0 Å². The molecule has 0 spiro atoms. The van der Waals surface area contributed by atoms with Crippen LogP contribution >= 0.6 is 0 Å². The first-order chi connectivity index (χ1) is 15.7. The maximum Gasteiger partial charge on any atom is 0.243 e. The SMILES string of the molecule is CCCCCCCC(=O)N(CCCCCCC(=O)NO)c1ccc(N2CCCCC2)cc1. The van der Waals surface area contributed by atoms with E-state index in [1.807, 2.05) is 4.90 Å². The minimum absolute atomic E-state index is 0.215. The molecule has 6 nitrogen and oxygen atoms in total. The van der Waals surface area contributed by atoms with Crippen molar-refractivity contribution in [1.82, 2.24) is 5.48 Å². The van der Waals surface area contributed by atoms with Gasteiger partial charge in [-0.25, -0.2) is 5.48 Å². The lowest BCUT2D eigenvalue weighted by molar-refractivity contribution is -0.129. The third-order valence-electron chi connectivity index (χ3n) is 6.34. The van der Waals surface area contributed by atoms with Crippen LogP contribution in [0.4, 0.5) is 11.4 Å². The second-order valence-electron chi connectivity index (χ2n) is 8.97. The van der Waals surface area contributed by atoms with Gasteiger partial charge >= 0.3 is 0 Å². The van der Waals surface area contributed by atoms with Gasteiger partial charge in [-0.05, 0) is 62.8 Å². The molecule has 6 heteroatoms. The highest BCUT2D eigenvalue weighted by molar-refractivity contribution is 5.93. The number of hydroxylamine groups is 1. The molecule has 1 fully saturated rings. The molecule has 0 saturated carbocycles. The van der Waals surface area contributed by atoms with Crippen molar-refractivity contribution >= 4 is 23.2 Å². The first-order valence-corrected chi connectivity index (χ1v) is 12.7. The molecule has 0 atom stereocenters. The van der Waals surface area contributed by atoms with Gasteiger partial charge in [-0.2, -0.15) is 0 Å². The highest BCUT2D eigenvalue weighted by atomic mass is 16.5. The molecule has 2 rings (SSSR count). The Morgan fingerprint density at radius 1 is 0.875 bits per heavy atom. The Kier molecular flexibility index (Phi) is 12.8. The van der Waals surface area contributed by atoms with Crippen LogP contribution in [0.2, 0.25) is 0 Å². The van der Waals surface area contributed by atoms with Crippen molar-refractivity contribution in [2.45, 2.75) is 96.8 Å². The molecular weight excluding hydrogens is 402 g/mol. The molecule has 2 N–H and O–H groups in total. The van der Waals surface area contributed by atoms with E-state index in [0.29, 0.717) is 19.4 Å². The molecule has 180 valence electrons. The third kappa shape index (κ3) is 9.60. The van der Waals surface area contributed by atoms with Gasteiger partial charge in [-0.15, -0.1) is 0 Å². The maximum absolute atomic E-state index is 13.0. The Balaban J connectivity index is 1.90. The number of carbonyl (C=O) groups is 2. The van der Waals surface area contributed by atoms with E-state index in [4.69, 9.17) is 5.21 Å². The summed E-state index contributed by atoms with van der Waals surface area (Å²) in [6, 6.07) is 8.53. The number of carbonyl (C=O) groups excluding carboxylic acids is 2. The van der Waals surface area contributed by atoms with Gasteiger partial charge < -0.3 is 9.80 Å². The molecule has 1 aromatic carbocycles. The fraction of sp³-hybridized carbons (Fsp3) is 0.692. The van der Waals surface area contributed by atoms with Crippen molar-refractivity contribution < 1.29 is 14.8 Å². The molecule has 2 amide bonds. The first-order valence-electron chi connectivity index (χ1n) is 12.7. The fourth-order valence-electron chi connectivity index (χ4n) is 4.37. The van der Waals surface area contributed by atoms with Gasteiger partial charge in [-0.1, -0.05) is 45.4 Å². The zero-order chi connectivity index (χ0) is 23.0. The summed E-state index contributed by atoms with van der Waals surface area (Å²) in [6.07, 6.45) is 14.1.